The molecule has 0 aliphatic carbocycles. The van der Waals surface area contributed by atoms with Crippen LogP contribution in [0.15, 0.2) is 29.8 Å². The Labute approximate surface area is 121 Å². The second-order valence-electron chi connectivity index (χ2n) is 4.20. The number of halogens is 1. The third-order valence-electron chi connectivity index (χ3n) is 2.69. The van der Waals surface area contributed by atoms with Crippen molar-refractivity contribution in [2.45, 2.75) is 19.9 Å². The fraction of sp³-hybridized carbons (Fsp3) is 0.286. The van der Waals surface area contributed by atoms with Gasteiger partial charge in [0, 0.05) is 18.1 Å². The summed E-state index contributed by atoms with van der Waals surface area (Å²) in [5, 5.41) is 8.37. The highest BCUT2D eigenvalue weighted by molar-refractivity contribution is 7.09. The maximum absolute atomic E-state index is 13.8. The Morgan fingerprint density at radius 2 is 2.30 bits per heavy atom. The normalized spacial score (nSPS) is 10.3. The minimum atomic E-state index is -0.416. The number of hydrogen-bond donors (Lipinski definition) is 2. The number of anilines is 1. The van der Waals surface area contributed by atoms with Crippen LogP contribution in [0.5, 0.6) is 0 Å². The topological polar surface area (TPSA) is 54.0 Å². The zero-order valence-corrected chi connectivity index (χ0v) is 12.0. The van der Waals surface area contributed by atoms with Crippen LogP contribution >= 0.6 is 11.3 Å². The Kier molecular flexibility index (Phi) is 5.06. The van der Waals surface area contributed by atoms with Crippen molar-refractivity contribution in [1.82, 2.24) is 10.3 Å². The number of aromatic nitrogens is 1. The van der Waals surface area contributed by atoms with Crippen LogP contribution in [0.4, 0.5) is 10.1 Å². The zero-order chi connectivity index (χ0) is 14.4. The van der Waals surface area contributed by atoms with Crippen molar-refractivity contribution in [2.24, 2.45) is 0 Å². The minimum absolute atomic E-state index is 0.256. The fourth-order valence-electron chi connectivity index (χ4n) is 1.73. The Balaban J connectivity index is 2.10. The largest absolute Gasteiger partial charge is 0.382 e. The van der Waals surface area contributed by atoms with Crippen LogP contribution in [0, 0.1) is 5.82 Å². The maximum Gasteiger partial charge on any atom is 0.253 e. The number of carbonyl (C=O) groups is 1. The third kappa shape index (κ3) is 3.54. The first-order chi connectivity index (χ1) is 9.72. The van der Waals surface area contributed by atoms with Gasteiger partial charge < -0.3 is 10.6 Å². The predicted octanol–water partition coefficient (Wildman–Crippen LogP) is 3.03. The molecule has 106 valence electrons. The van der Waals surface area contributed by atoms with Gasteiger partial charge in [-0.15, -0.1) is 11.3 Å². The van der Waals surface area contributed by atoms with Crippen LogP contribution in [-0.4, -0.2) is 17.4 Å². The summed E-state index contributed by atoms with van der Waals surface area (Å²) in [5.41, 5.74) is 0.570. The van der Waals surface area contributed by atoms with Gasteiger partial charge in [0.2, 0.25) is 0 Å². The van der Waals surface area contributed by atoms with E-state index < -0.39 is 5.82 Å². The molecule has 0 atom stereocenters. The first-order valence-corrected chi connectivity index (χ1v) is 7.29. The molecule has 0 aliphatic heterocycles. The lowest BCUT2D eigenvalue weighted by Gasteiger charge is -2.12. The SMILES string of the molecule is CCCNc1c(F)cccc1C(=O)NCc1nccs1. The van der Waals surface area contributed by atoms with E-state index in [2.05, 4.69) is 15.6 Å². The molecule has 6 heteroatoms. The number of amides is 1. The molecule has 0 bridgehead atoms. The number of benzene rings is 1. The number of thiazole rings is 1. The smallest absolute Gasteiger partial charge is 0.253 e. The van der Waals surface area contributed by atoms with Crippen LogP contribution in [0.3, 0.4) is 0 Å². The van der Waals surface area contributed by atoms with Crippen molar-refractivity contribution in [3.05, 3.63) is 46.2 Å². The number of carbonyl (C=O) groups excluding carboxylic acids is 1. The maximum atomic E-state index is 13.8. The number of hydrogen-bond acceptors (Lipinski definition) is 4. The summed E-state index contributed by atoms with van der Waals surface area (Å²) in [6, 6.07) is 4.48. The molecule has 1 heterocycles. The van der Waals surface area contributed by atoms with E-state index >= 15 is 0 Å². The lowest BCUT2D eigenvalue weighted by atomic mass is 10.1. The Bertz CT molecular complexity index is 572. The lowest BCUT2D eigenvalue weighted by Crippen LogP contribution is -2.24. The first-order valence-electron chi connectivity index (χ1n) is 6.41. The van der Waals surface area contributed by atoms with Crippen molar-refractivity contribution in [3.8, 4) is 0 Å². The van der Waals surface area contributed by atoms with Gasteiger partial charge in [0.15, 0.2) is 0 Å². The van der Waals surface area contributed by atoms with E-state index in [1.807, 2.05) is 12.3 Å². The van der Waals surface area contributed by atoms with E-state index in [1.165, 1.54) is 23.5 Å². The van der Waals surface area contributed by atoms with Gasteiger partial charge in [0.1, 0.15) is 10.8 Å². The van der Waals surface area contributed by atoms with Gasteiger partial charge in [0.25, 0.3) is 5.91 Å². The lowest BCUT2D eigenvalue weighted by molar-refractivity contribution is 0.0951. The average molecular weight is 293 g/mol. The summed E-state index contributed by atoms with van der Waals surface area (Å²) in [6.45, 7) is 2.95. The van der Waals surface area contributed by atoms with Crippen LogP contribution in [-0.2, 0) is 6.54 Å². The fourth-order valence-corrected chi connectivity index (χ4v) is 2.29. The first kappa shape index (κ1) is 14.5. The average Bonchev–Trinajstić information content (AvgIpc) is 2.96. The van der Waals surface area contributed by atoms with E-state index in [0.717, 1.165) is 11.4 Å². The second kappa shape index (κ2) is 7.00. The Morgan fingerprint density at radius 3 is 3.00 bits per heavy atom. The van der Waals surface area contributed by atoms with Crippen LogP contribution in [0.1, 0.15) is 28.7 Å². The highest BCUT2D eigenvalue weighted by Crippen LogP contribution is 2.20. The second-order valence-corrected chi connectivity index (χ2v) is 5.18. The standard InChI is InChI=1S/C14H16FN3OS/c1-2-6-17-13-10(4-3-5-11(13)15)14(19)18-9-12-16-7-8-20-12/h3-5,7-8,17H,2,6,9H2,1H3,(H,18,19). The van der Waals surface area contributed by atoms with Crippen molar-refractivity contribution in [1.29, 1.82) is 0 Å². The van der Waals surface area contributed by atoms with Crippen LogP contribution in [0.25, 0.3) is 0 Å². The summed E-state index contributed by atoms with van der Waals surface area (Å²) in [4.78, 5) is 16.2. The van der Waals surface area contributed by atoms with Gasteiger partial charge in [-0.3, -0.25) is 4.79 Å². The molecule has 0 radical (unpaired) electrons. The van der Waals surface area contributed by atoms with Gasteiger partial charge >= 0.3 is 0 Å². The molecule has 2 rings (SSSR count). The number of nitrogens with zero attached hydrogens (tertiary/aromatic N) is 1. The molecule has 0 aliphatic rings. The molecule has 0 spiro atoms. The van der Waals surface area contributed by atoms with E-state index in [9.17, 15) is 9.18 Å². The molecule has 0 saturated carbocycles. The van der Waals surface area contributed by atoms with Crippen molar-refractivity contribution in [3.63, 3.8) is 0 Å². The molecule has 20 heavy (non-hydrogen) atoms. The molecule has 1 amide bonds. The monoisotopic (exact) mass is 293 g/mol. The van der Waals surface area contributed by atoms with Gasteiger partial charge in [-0.25, -0.2) is 9.37 Å². The van der Waals surface area contributed by atoms with Gasteiger partial charge in [-0.2, -0.15) is 0 Å². The summed E-state index contributed by atoms with van der Waals surface area (Å²) in [6.07, 6.45) is 2.54. The minimum Gasteiger partial charge on any atom is -0.382 e. The quantitative estimate of drug-likeness (QED) is 0.860. The van der Waals surface area contributed by atoms with Crippen molar-refractivity contribution in [2.75, 3.05) is 11.9 Å². The number of para-hydroxylation sites is 1. The Hall–Kier alpha value is -1.95. The van der Waals surface area contributed by atoms with Crippen molar-refractivity contribution < 1.29 is 9.18 Å². The van der Waals surface area contributed by atoms with E-state index in [1.54, 1.807) is 12.3 Å². The summed E-state index contributed by atoms with van der Waals surface area (Å²) in [7, 11) is 0. The predicted molar refractivity (Wildman–Crippen MR) is 78.5 cm³/mol. The number of rotatable bonds is 6. The molecule has 4 nitrogen and oxygen atoms in total. The van der Waals surface area contributed by atoms with E-state index in [4.69, 9.17) is 0 Å². The molecule has 1 aromatic heterocycles. The molecular formula is C14H16FN3OS. The van der Waals surface area contributed by atoms with Crippen molar-refractivity contribution >= 4 is 22.9 Å². The molecule has 2 N–H and O–H groups in total. The van der Waals surface area contributed by atoms with Gasteiger partial charge in [-0.05, 0) is 18.6 Å². The molecule has 0 saturated heterocycles. The molecule has 2 aromatic rings. The number of nitrogens with one attached hydrogen (secondary N) is 2. The van der Waals surface area contributed by atoms with Crippen LogP contribution in [0.2, 0.25) is 0 Å². The highest BCUT2D eigenvalue weighted by Gasteiger charge is 2.14. The summed E-state index contributed by atoms with van der Waals surface area (Å²) in [5.74, 6) is -0.723. The zero-order valence-electron chi connectivity index (χ0n) is 11.1. The van der Waals surface area contributed by atoms with E-state index in [0.29, 0.717) is 18.7 Å². The van der Waals surface area contributed by atoms with E-state index in [-0.39, 0.29) is 11.6 Å². The van der Waals surface area contributed by atoms with Gasteiger partial charge in [-0.1, -0.05) is 13.0 Å². The van der Waals surface area contributed by atoms with Gasteiger partial charge in [0.05, 0.1) is 17.8 Å². The Morgan fingerprint density at radius 1 is 1.45 bits per heavy atom. The molecule has 0 fully saturated rings. The molecular weight excluding hydrogens is 277 g/mol. The molecule has 0 unspecified atom stereocenters. The third-order valence-corrected chi connectivity index (χ3v) is 3.47. The van der Waals surface area contributed by atoms with Crippen LogP contribution < -0.4 is 10.6 Å². The summed E-state index contributed by atoms with van der Waals surface area (Å²) >= 11 is 1.47. The molecule has 1 aromatic carbocycles. The highest BCUT2D eigenvalue weighted by atomic mass is 32.1. The summed E-state index contributed by atoms with van der Waals surface area (Å²) < 4.78 is 13.8.